The molecular weight excluding hydrogens is 150 g/mol. The highest BCUT2D eigenvalue weighted by Gasteiger charge is 2.19. The van der Waals surface area contributed by atoms with Crippen molar-refractivity contribution in [3.8, 4) is 0 Å². The molecule has 1 unspecified atom stereocenters. The fraction of sp³-hybridized carbons (Fsp3) is 1.00. The number of hydrogen-bond acceptors (Lipinski definition) is 2. The molecule has 2 aliphatic rings. The van der Waals surface area contributed by atoms with E-state index in [-0.39, 0.29) is 0 Å². The van der Waals surface area contributed by atoms with E-state index < -0.39 is 0 Å². The van der Waals surface area contributed by atoms with Crippen molar-refractivity contribution in [3.05, 3.63) is 0 Å². The summed E-state index contributed by atoms with van der Waals surface area (Å²) in [6.45, 7) is 3.16. The summed E-state index contributed by atoms with van der Waals surface area (Å²) >= 11 is 0. The second kappa shape index (κ2) is 4.24. The van der Waals surface area contributed by atoms with Gasteiger partial charge >= 0.3 is 0 Å². The molecule has 0 bridgehead atoms. The molecule has 2 rings (SSSR count). The molecule has 70 valence electrons. The quantitative estimate of drug-likeness (QED) is 0.692. The first-order valence-electron chi connectivity index (χ1n) is 5.26. The average molecular weight is 169 g/mol. The maximum Gasteiger partial charge on any atom is 0.0506 e. The highest BCUT2D eigenvalue weighted by atomic mass is 16.5. The van der Waals surface area contributed by atoms with Gasteiger partial charge in [0.25, 0.3) is 0 Å². The van der Waals surface area contributed by atoms with Gasteiger partial charge in [-0.05, 0) is 31.6 Å². The summed E-state index contributed by atoms with van der Waals surface area (Å²) in [5, 5.41) is 3.61. The van der Waals surface area contributed by atoms with Crippen LogP contribution in [-0.4, -0.2) is 25.8 Å². The molecule has 1 heterocycles. The molecule has 1 atom stereocenters. The SMILES string of the molecule is C1COCC(CNC2CCC2)C1. The van der Waals surface area contributed by atoms with Crippen LogP contribution in [0.3, 0.4) is 0 Å². The first-order valence-corrected chi connectivity index (χ1v) is 5.26. The third-order valence-corrected chi connectivity index (χ3v) is 3.05. The maximum atomic E-state index is 5.43. The van der Waals surface area contributed by atoms with Gasteiger partial charge in [-0.1, -0.05) is 6.42 Å². The van der Waals surface area contributed by atoms with E-state index in [2.05, 4.69) is 5.32 Å². The van der Waals surface area contributed by atoms with Crippen LogP contribution in [0, 0.1) is 5.92 Å². The predicted molar refractivity (Wildman–Crippen MR) is 49.2 cm³/mol. The molecule has 0 aromatic carbocycles. The molecular formula is C10H19NO. The largest absolute Gasteiger partial charge is 0.381 e. The normalized spacial score (nSPS) is 31.5. The van der Waals surface area contributed by atoms with E-state index in [0.717, 1.165) is 25.2 Å². The van der Waals surface area contributed by atoms with Gasteiger partial charge in [-0.2, -0.15) is 0 Å². The lowest BCUT2D eigenvalue weighted by Gasteiger charge is -2.30. The molecule has 0 spiro atoms. The maximum absolute atomic E-state index is 5.43. The molecule has 2 heteroatoms. The van der Waals surface area contributed by atoms with Gasteiger partial charge in [-0.3, -0.25) is 0 Å². The zero-order valence-corrected chi connectivity index (χ0v) is 7.72. The minimum Gasteiger partial charge on any atom is -0.381 e. The summed E-state index contributed by atoms with van der Waals surface area (Å²) in [6, 6.07) is 0.840. The standard InChI is InChI=1S/C10H19NO/c1-4-10(5-1)11-7-9-3-2-6-12-8-9/h9-11H,1-8H2. The van der Waals surface area contributed by atoms with Crippen molar-refractivity contribution in [3.63, 3.8) is 0 Å². The second-order valence-electron chi connectivity index (χ2n) is 4.12. The Morgan fingerprint density at radius 1 is 1.17 bits per heavy atom. The molecule has 1 aliphatic heterocycles. The van der Waals surface area contributed by atoms with E-state index in [9.17, 15) is 0 Å². The lowest BCUT2D eigenvalue weighted by Crippen LogP contribution is -2.39. The Labute approximate surface area is 74.7 Å². The Hall–Kier alpha value is -0.0800. The number of hydrogen-bond donors (Lipinski definition) is 1. The molecule has 0 aromatic heterocycles. The van der Waals surface area contributed by atoms with Crippen molar-refractivity contribution in [1.82, 2.24) is 5.32 Å². The molecule has 1 saturated heterocycles. The Bertz CT molecular complexity index is 128. The van der Waals surface area contributed by atoms with Crippen molar-refractivity contribution < 1.29 is 4.74 Å². The average Bonchev–Trinajstić information content (AvgIpc) is 2.04. The summed E-state index contributed by atoms with van der Waals surface area (Å²) in [5.41, 5.74) is 0. The van der Waals surface area contributed by atoms with Crippen LogP contribution in [0.15, 0.2) is 0 Å². The third-order valence-electron chi connectivity index (χ3n) is 3.05. The zero-order valence-electron chi connectivity index (χ0n) is 7.72. The van der Waals surface area contributed by atoms with Gasteiger partial charge in [-0.15, -0.1) is 0 Å². The number of nitrogens with one attached hydrogen (secondary N) is 1. The number of ether oxygens (including phenoxy) is 1. The zero-order chi connectivity index (χ0) is 8.23. The lowest BCUT2D eigenvalue weighted by molar-refractivity contribution is 0.0526. The van der Waals surface area contributed by atoms with Gasteiger partial charge in [0, 0.05) is 19.2 Å². The van der Waals surface area contributed by atoms with Crippen LogP contribution in [0.25, 0.3) is 0 Å². The molecule has 0 radical (unpaired) electrons. The van der Waals surface area contributed by atoms with Crippen molar-refractivity contribution >= 4 is 0 Å². The Balaban J connectivity index is 1.58. The van der Waals surface area contributed by atoms with E-state index in [4.69, 9.17) is 4.74 Å². The van der Waals surface area contributed by atoms with Gasteiger partial charge in [0.2, 0.25) is 0 Å². The van der Waals surface area contributed by atoms with Crippen molar-refractivity contribution in [2.24, 2.45) is 5.92 Å². The smallest absolute Gasteiger partial charge is 0.0506 e. The van der Waals surface area contributed by atoms with Crippen molar-refractivity contribution in [1.29, 1.82) is 0 Å². The van der Waals surface area contributed by atoms with E-state index in [1.807, 2.05) is 0 Å². The van der Waals surface area contributed by atoms with E-state index >= 15 is 0 Å². The van der Waals surface area contributed by atoms with Gasteiger partial charge in [0.15, 0.2) is 0 Å². The topological polar surface area (TPSA) is 21.3 Å². The van der Waals surface area contributed by atoms with Gasteiger partial charge < -0.3 is 10.1 Å². The summed E-state index contributed by atoms with van der Waals surface area (Å²) in [4.78, 5) is 0. The van der Waals surface area contributed by atoms with Crippen LogP contribution in [0.2, 0.25) is 0 Å². The fourth-order valence-corrected chi connectivity index (χ4v) is 1.91. The van der Waals surface area contributed by atoms with Crippen LogP contribution in [0.1, 0.15) is 32.1 Å². The first-order chi connectivity index (χ1) is 5.95. The van der Waals surface area contributed by atoms with Gasteiger partial charge in [0.05, 0.1) is 6.61 Å². The number of rotatable bonds is 3. The summed E-state index contributed by atoms with van der Waals surface area (Å²) in [5.74, 6) is 0.791. The van der Waals surface area contributed by atoms with Crippen molar-refractivity contribution in [2.45, 2.75) is 38.1 Å². The Kier molecular flexibility index (Phi) is 3.01. The van der Waals surface area contributed by atoms with E-state index in [1.54, 1.807) is 0 Å². The molecule has 1 N–H and O–H groups in total. The van der Waals surface area contributed by atoms with Crippen LogP contribution in [-0.2, 0) is 4.74 Å². The molecule has 1 saturated carbocycles. The lowest BCUT2D eigenvalue weighted by atomic mass is 9.92. The summed E-state index contributed by atoms with van der Waals surface area (Å²) in [7, 11) is 0. The monoisotopic (exact) mass is 169 g/mol. The van der Waals surface area contributed by atoms with Gasteiger partial charge in [0.1, 0.15) is 0 Å². The van der Waals surface area contributed by atoms with Crippen molar-refractivity contribution in [2.75, 3.05) is 19.8 Å². The fourth-order valence-electron chi connectivity index (χ4n) is 1.91. The highest BCUT2D eigenvalue weighted by molar-refractivity contribution is 4.78. The third kappa shape index (κ3) is 2.20. The van der Waals surface area contributed by atoms with E-state index in [0.29, 0.717) is 0 Å². The van der Waals surface area contributed by atoms with E-state index in [1.165, 1.54) is 38.6 Å². The minimum atomic E-state index is 0.791. The minimum absolute atomic E-state index is 0.791. The van der Waals surface area contributed by atoms with Gasteiger partial charge in [-0.25, -0.2) is 0 Å². The Morgan fingerprint density at radius 3 is 2.67 bits per heavy atom. The first kappa shape index (κ1) is 8.52. The molecule has 2 fully saturated rings. The summed E-state index contributed by atoms with van der Waals surface area (Å²) in [6.07, 6.45) is 6.84. The molecule has 12 heavy (non-hydrogen) atoms. The highest BCUT2D eigenvalue weighted by Crippen LogP contribution is 2.19. The molecule has 0 aromatic rings. The van der Waals surface area contributed by atoms with Crippen LogP contribution < -0.4 is 5.32 Å². The van der Waals surface area contributed by atoms with Crippen LogP contribution in [0.5, 0.6) is 0 Å². The molecule has 2 nitrogen and oxygen atoms in total. The molecule has 1 aliphatic carbocycles. The predicted octanol–water partition coefficient (Wildman–Crippen LogP) is 1.56. The molecule has 0 amide bonds. The second-order valence-corrected chi connectivity index (χ2v) is 4.12. The Morgan fingerprint density at radius 2 is 2.08 bits per heavy atom. The van der Waals surface area contributed by atoms with Crippen LogP contribution in [0.4, 0.5) is 0 Å². The van der Waals surface area contributed by atoms with Crippen LogP contribution >= 0.6 is 0 Å². The summed E-state index contributed by atoms with van der Waals surface area (Å²) < 4.78 is 5.43.